The fraction of sp³-hybridized carbons (Fsp3) is 0.520. The predicted molar refractivity (Wildman–Crippen MR) is 127 cm³/mol. The minimum atomic E-state index is -2.80. The van der Waals surface area contributed by atoms with E-state index in [2.05, 4.69) is 32.6 Å². The average molecular weight is 485 g/mol. The Hall–Kier alpha value is -3.30. The van der Waals surface area contributed by atoms with Crippen LogP contribution in [0, 0.1) is 11.8 Å². The summed E-state index contributed by atoms with van der Waals surface area (Å²) in [5.74, 6) is 1.72. The smallest absolute Gasteiger partial charge is 0.284 e. The van der Waals surface area contributed by atoms with Crippen molar-refractivity contribution < 1.29 is 18.0 Å². The lowest BCUT2D eigenvalue weighted by molar-refractivity contribution is 0.102. The SMILES string of the molecule is CC[C@H]1CC[C@@H](n2cc(NC(=O)c3coc(-c4ccnc(NCC5CC5)c4)n3)c(C(F)F)n2)CC1. The van der Waals surface area contributed by atoms with Crippen molar-refractivity contribution in [3.63, 3.8) is 0 Å². The number of pyridine rings is 1. The molecule has 3 aromatic heterocycles. The van der Waals surface area contributed by atoms with Crippen LogP contribution in [0.2, 0.25) is 0 Å². The molecule has 3 aromatic rings. The highest BCUT2D eigenvalue weighted by Crippen LogP contribution is 2.36. The summed E-state index contributed by atoms with van der Waals surface area (Å²) in [4.78, 5) is 21.4. The molecule has 186 valence electrons. The van der Waals surface area contributed by atoms with E-state index in [9.17, 15) is 13.6 Å². The highest BCUT2D eigenvalue weighted by molar-refractivity contribution is 6.03. The van der Waals surface area contributed by atoms with Gasteiger partial charge >= 0.3 is 0 Å². The van der Waals surface area contributed by atoms with E-state index < -0.39 is 18.0 Å². The summed E-state index contributed by atoms with van der Waals surface area (Å²) >= 11 is 0. The lowest BCUT2D eigenvalue weighted by Gasteiger charge is -2.27. The molecule has 3 heterocycles. The monoisotopic (exact) mass is 484 g/mol. The number of nitrogens with one attached hydrogen (secondary N) is 2. The van der Waals surface area contributed by atoms with E-state index in [-0.39, 0.29) is 23.3 Å². The predicted octanol–water partition coefficient (Wildman–Crippen LogP) is 6.09. The van der Waals surface area contributed by atoms with Crippen molar-refractivity contribution in [1.82, 2.24) is 19.7 Å². The minimum Gasteiger partial charge on any atom is -0.444 e. The molecule has 0 atom stereocenters. The molecule has 0 radical (unpaired) electrons. The zero-order valence-corrected chi connectivity index (χ0v) is 19.7. The average Bonchev–Trinajstić information content (AvgIpc) is 3.39. The van der Waals surface area contributed by atoms with Crippen molar-refractivity contribution in [3.05, 3.63) is 42.2 Å². The van der Waals surface area contributed by atoms with Crippen LogP contribution >= 0.6 is 0 Å². The molecule has 2 N–H and O–H groups in total. The molecule has 0 aromatic carbocycles. The molecule has 8 nitrogen and oxygen atoms in total. The minimum absolute atomic E-state index is 0.000669. The van der Waals surface area contributed by atoms with Crippen molar-refractivity contribution in [2.24, 2.45) is 11.8 Å². The third-order valence-corrected chi connectivity index (χ3v) is 7.00. The summed E-state index contributed by atoms with van der Waals surface area (Å²) in [5, 5.41) is 9.97. The summed E-state index contributed by atoms with van der Waals surface area (Å²) in [6.45, 7) is 3.05. The maximum Gasteiger partial charge on any atom is 0.284 e. The Morgan fingerprint density at radius 3 is 2.69 bits per heavy atom. The lowest BCUT2D eigenvalue weighted by atomic mass is 9.85. The van der Waals surface area contributed by atoms with Crippen LogP contribution in [0.5, 0.6) is 0 Å². The molecular weight excluding hydrogens is 454 g/mol. The summed E-state index contributed by atoms with van der Waals surface area (Å²) in [5.41, 5.74) is 0.240. The van der Waals surface area contributed by atoms with Crippen molar-refractivity contribution in [1.29, 1.82) is 0 Å². The molecule has 2 aliphatic carbocycles. The zero-order chi connectivity index (χ0) is 24.4. The molecule has 1 amide bonds. The molecule has 2 aliphatic rings. The van der Waals surface area contributed by atoms with Gasteiger partial charge in [-0.1, -0.05) is 13.3 Å². The van der Waals surface area contributed by atoms with E-state index in [0.29, 0.717) is 23.2 Å². The second-order valence-electron chi connectivity index (χ2n) is 9.54. The van der Waals surface area contributed by atoms with Gasteiger partial charge in [-0.3, -0.25) is 9.48 Å². The molecule has 0 spiro atoms. The highest BCUT2D eigenvalue weighted by Gasteiger charge is 2.27. The van der Waals surface area contributed by atoms with Crippen molar-refractivity contribution >= 4 is 17.4 Å². The molecule has 10 heteroatoms. The van der Waals surface area contributed by atoms with Crippen LogP contribution < -0.4 is 10.6 Å². The lowest BCUT2D eigenvalue weighted by Crippen LogP contribution is -2.18. The van der Waals surface area contributed by atoms with Crippen LogP contribution in [0.1, 0.15) is 80.5 Å². The first kappa shape index (κ1) is 23.4. The van der Waals surface area contributed by atoms with E-state index in [4.69, 9.17) is 4.42 Å². The Balaban J connectivity index is 1.28. The highest BCUT2D eigenvalue weighted by atomic mass is 19.3. The van der Waals surface area contributed by atoms with E-state index in [0.717, 1.165) is 38.6 Å². The number of carbonyl (C=O) groups excluding carboxylic acids is 1. The number of carbonyl (C=O) groups is 1. The molecule has 2 saturated carbocycles. The molecule has 0 saturated heterocycles. The van der Waals surface area contributed by atoms with Gasteiger partial charge in [-0.2, -0.15) is 5.10 Å². The molecule has 0 aliphatic heterocycles. The van der Waals surface area contributed by atoms with Crippen LogP contribution in [-0.4, -0.2) is 32.2 Å². The van der Waals surface area contributed by atoms with Crippen molar-refractivity contribution in [2.45, 2.75) is 64.3 Å². The summed E-state index contributed by atoms with van der Waals surface area (Å²) in [6.07, 6.45) is 9.08. The number of halogens is 2. The van der Waals surface area contributed by atoms with Gasteiger partial charge in [-0.15, -0.1) is 0 Å². The van der Waals surface area contributed by atoms with E-state index in [1.54, 1.807) is 16.9 Å². The molecule has 35 heavy (non-hydrogen) atoms. The normalized spacial score (nSPS) is 20.2. The third kappa shape index (κ3) is 5.52. The van der Waals surface area contributed by atoms with Gasteiger partial charge < -0.3 is 15.1 Å². The van der Waals surface area contributed by atoms with Gasteiger partial charge in [0, 0.05) is 24.5 Å². The van der Waals surface area contributed by atoms with Crippen molar-refractivity contribution in [3.8, 4) is 11.5 Å². The number of amides is 1. The first-order valence-corrected chi connectivity index (χ1v) is 12.3. The van der Waals surface area contributed by atoms with Crippen LogP contribution in [0.25, 0.3) is 11.5 Å². The Labute approximate surface area is 202 Å². The molecule has 2 fully saturated rings. The Kier molecular flexibility index (Phi) is 6.79. The summed E-state index contributed by atoms with van der Waals surface area (Å²) in [6, 6.07) is 3.61. The first-order valence-electron chi connectivity index (χ1n) is 12.3. The van der Waals surface area contributed by atoms with Gasteiger partial charge in [-0.05, 0) is 62.5 Å². The maximum absolute atomic E-state index is 13.7. The summed E-state index contributed by atoms with van der Waals surface area (Å²) in [7, 11) is 0. The van der Waals surface area contributed by atoms with Crippen LogP contribution in [0.3, 0.4) is 0 Å². The first-order chi connectivity index (χ1) is 17.0. The van der Waals surface area contributed by atoms with Crippen LogP contribution in [-0.2, 0) is 0 Å². The van der Waals surface area contributed by atoms with E-state index >= 15 is 0 Å². The number of hydrogen-bond donors (Lipinski definition) is 2. The number of alkyl halides is 2. The number of anilines is 2. The van der Waals surface area contributed by atoms with Gasteiger partial charge in [0.15, 0.2) is 11.4 Å². The Morgan fingerprint density at radius 1 is 1.20 bits per heavy atom. The molecule has 5 rings (SSSR count). The Bertz CT molecular complexity index is 1160. The fourth-order valence-corrected chi connectivity index (χ4v) is 4.60. The van der Waals surface area contributed by atoms with Crippen molar-refractivity contribution in [2.75, 3.05) is 17.2 Å². The molecular formula is C25H30F2N6O2. The number of aromatic nitrogens is 4. The quantitative estimate of drug-likeness (QED) is 0.382. The van der Waals surface area contributed by atoms with Crippen LogP contribution in [0.4, 0.5) is 20.3 Å². The number of hydrogen-bond acceptors (Lipinski definition) is 6. The zero-order valence-electron chi connectivity index (χ0n) is 19.7. The number of nitrogens with zero attached hydrogens (tertiary/aromatic N) is 4. The molecule has 0 bridgehead atoms. The Morgan fingerprint density at radius 2 is 1.97 bits per heavy atom. The summed E-state index contributed by atoms with van der Waals surface area (Å²) < 4.78 is 34.5. The van der Waals surface area contributed by atoms with Crippen LogP contribution in [0.15, 0.2) is 35.2 Å². The largest absolute Gasteiger partial charge is 0.444 e. The second kappa shape index (κ2) is 10.1. The standard InChI is InChI=1S/C25H30F2N6O2/c1-2-15-5-7-18(8-6-15)33-13-19(22(32-33)23(26)27)30-24(34)20-14-35-25(31-20)17-9-10-28-21(11-17)29-12-16-3-4-16/h9-11,13-16,18,23H,2-8,12H2,1H3,(H,28,29)(H,30,34)/t15-,18+. The number of rotatable bonds is 9. The maximum atomic E-state index is 13.7. The van der Waals surface area contributed by atoms with E-state index in [1.165, 1.54) is 25.3 Å². The van der Waals surface area contributed by atoms with Gasteiger partial charge in [-0.25, -0.2) is 18.7 Å². The molecule has 0 unspecified atom stereocenters. The second-order valence-corrected chi connectivity index (χ2v) is 9.54. The van der Waals surface area contributed by atoms with Gasteiger partial charge in [0.05, 0.1) is 11.7 Å². The van der Waals surface area contributed by atoms with Gasteiger partial charge in [0.25, 0.3) is 12.3 Å². The fourth-order valence-electron chi connectivity index (χ4n) is 4.60. The van der Waals surface area contributed by atoms with Gasteiger partial charge in [0.1, 0.15) is 12.1 Å². The third-order valence-electron chi connectivity index (χ3n) is 7.00. The van der Waals surface area contributed by atoms with Gasteiger partial charge in [0.2, 0.25) is 5.89 Å². The topological polar surface area (TPSA) is 97.9 Å². The van der Waals surface area contributed by atoms with E-state index in [1.807, 2.05) is 6.07 Å². The number of oxazole rings is 1.